The van der Waals surface area contributed by atoms with Gasteiger partial charge < -0.3 is 15.0 Å². The number of carbonyl (C=O) groups excluding carboxylic acids is 3. The number of carbonyl (C=O) groups is 3. The van der Waals surface area contributed by atoms with Crippen molar-refractivity contribution in [3.05, 3.63) is 34.4 Å². The summed E-state index contributed by atoms with van der Waals surface area (Å²) in [6.07, 6.45) is -0.0215. The molecule has 9 nitrogen and oxygen atoms in total. The number of hydrogen-bond donors (Lipinski definition) is 1. The summed E-state index contributed by atoms with van der Waals surface area (Å²) in [5, 5.41) is 13.4. The third kappa shape index (κ3) is 5.77. The van der Waals surface area contributed by atoms with Gasteiger partial charge in [0, 0.05) is 48.7 Å². The molecule has 0 heterocycles. The van der Waals surface area contributed by atoms with Gasteiger partial charge in [-0.05, 0) is 30.2 Å². The lowest BCUT2D eigenvalue weighted by Gasteiger charge is -2.17. The van der Waals surface area contributed by atoms with Crippen molar-refractivity contribution in [1.82, 2.24) is 0 Å². The maximum atomic E-state index is 12.1. The molecule has 0 aliphatic heterocycles. The minimum absolute atomic E-state index is 0.149. The number of esters is 1. The highest BCUT2D eigenvalue weighted by molar-refractivity contribution is 5.93. The van der Waals surface area contributed by atoms with Crippen molar-refractivity contribution >= 4 is 29.0 Å². The zero-order valence-corrected chi connectivity index (χ0v) is 16.2. The van der Waals surface area contributed by atoms with Crippen molar-refractivity contribution in [2.45, 2.75) is 19.8 Å². The summed E-state index contributed by atoms with van der Waals surface area (Å²) in [5.41, 5.74) is 1.54. The Kier molecular flexibility index (Phi) is 7.08. The van der Waals surface area contributed by atoms with Gasteiger partial charge >= 0.3 is 5.97 Å². The van der Waals surface area contributed by atoms with E-state index in [2.05, 4.69) is 5.32 Å². The standard InChI is InChI=1S/C19H25N3O6/c1-12-8-17(23)15(16(12)10-22(26)27)9-19(25)28-11-18(24)20-13-4-6-14(7-5-13)21(2)3/h4-7,12,15-16H,8-11H2,1-3H3,(H,20,24)/t12-,15+,16-/m1/s1. The molecule has 1 aliphatic rings. The summed E-state index contributed by atoms with van der Waals surface area (Å²) in [4.78, 5) is 48.3. The zero-order chi connectivity index (χ0) is 20.8. The van der Waals surface area contributed by atoms with Crippen LogP contribution in [-0.2, 0) is 19.1 Å². The molecule has 0 radical (unpaired) electrons. The number of nitrogens with zero attached hydrogens (tertiary/aromatic N) is 2. The van der Waals surface area contributed by atoms with E-state index in [4.69, 9.17) is 4.74 Å². The number of anilines is 2. The van der Waals surface area contributed by atoms with Crippen LogP contribution in [0.3, 0.4) is 0 Å². The molecule has 3 atom stereocenters. The molecule has 0 bridgehead atoms. The Morgan fingerprint density at radius 1 is 1.29 bits per heavy atom. The van der Waals surface area contributed by atoms with Crippen LogP contribution in [0.5, 0.6) is 0 Å². The number of amides is 1. The van der Waals surface area contributed by atoms with E-state index in [0.29, 0.717) is 5.69 Å². The van der Waals surface area contributed by atoms with Crippen molar-refractivity contribution in [2.75, 3.05) is 37.5 Å². The van der Waals surface area contributed by atoms with Crippen LogP contribution in [0.25, 0.3) is 0 Å². The largest absolute Gasteiger partial charge is 0.456 e. The summed E-state index contributed by atoms with van der Waals surface area (Å²) in [5.74, 6) is -2.74. The molecule has 1 aromatic rings. The Bertz CT molecular complexity index is 747. The van der Waals surface area contributed by atoms with E-state index in [-0.39, 0.29) is 31.1 Å². The number of ether oxygens (including phenoxy) is 1. The fourth-order valence-electron chi connectivity index (χ4n) is 3.42. The lowest BCUT2D eigenvalue weighted by Crippen LogP contribution is -2.28. The Morgan fingerprint density at radius 3 is 2.50 bits per heavy atom. The second-order valence-corrected chi connectivity index (χ2v) is 7.29. The summed E-state index contributed by atoms with van der Waals surface area (Å²) in [6, 6.07) is 7.14. The molecule has 1 N–H and O–H groups in total. The first kappa shape index (κ1) is 21.3. The van der Waals surface area contributed by atoms with Crippen LogP contribution in [0.1, 0.15) is 19.8 Å². The molecule has 28 heavy (non-hydrogen) atoms. The molecule has 0 saturated heterocycles. The first-order chi connectivity index (χ1) is 13.2. The van der Waals surface area contributed by atoms with Gasteiger partial charge in [0.1, 0.15) is 5.78 Å². The fourth-order valence-corrected chi connectivity index (χ4v) is 3.42. The molecular weight excluding hydrogens is 366 g/mol. The highest BCUT2D eigenvalue weighted by Gasteiger charge is 2.44. The Labute approximate surface area is 163 Å². The van der Waals surface area contributed by atoms with E-state index >= 15 is 0 Å². The van der Waals surface area contributed by atoms with Crippen molar-refractivity contribution in [3.63, 3.8) is 0 Å². The number of rotatable bonds is 8. The SMILES string of the molecule is C[C@@H]1CC(=O)[C@@H](CC(=O)OCC(=O)Nc2ccc(N(C)C)cc2)[C@@H]1C[N+](=O)[O-]. The van der Waals surface area contributed by atoms with Gasteiger partial charge in [0.25, 0.3) is 5.91 Å². The number of nitrogens with one attached hydrogen (secondary N) is 1. The number of benzene rings is 1. The third-order valence-corrected chi connectivity index (χ3v) is 4.96. The van der Waals surface area contributed by atoms with Crippen LogP contribution in [0.4, 0.5) is 11.4 Å². The molecule has 1 aromatic carbocycles. The predicted molar refractivity (Wildman–Crippen MR) is 103 cm³/mol. The minimum atomic E-state index is -0.727. The monoisotopic (exact) mass is 391 g/mol. The van der Waals surface area contributed by atoms with Crippen LogP contribution >= 0.6 is 0 Å². The van der Waals surface area contributed by atoms with Crippen LogP contribution in [0.2, 0.25) is 0 Å². The van der Waals surface area contributed by atoms with Gasteiger partial charge in [-0.15, -0.1) is 0 Å². The van der Waals surface area contributed by atoms with E-state index < -0.39 is 35.2 Å². The maximum absolute atomic E-state index is 12.1. The lowest BCUT2D eigenvalue weighted by molar-refractivity contribution is -0.490. The van der Waals surface area contributed by atoms with Gasteiger partial charge in [-0.3, -0.25) is 24.5 Å². The average Bonchev–Trinajstić information content (AvgIpc) is 2.87. The smallest absolute Gasteiger partial charge is 0.307 e. The molecule has 0 spiro atoms. The second-order valence-electron chi connectivity index (χ2n) is 7.29. The molecule has 9 heteroatoms. The average molecular weight is 391 g/mol. The molecule has 0 aromatic heterocycles. The van der Waals surface area contributed by atoms with Crippen LogP contribution in [-0.4, -0.2) is 49.8 Å². The molecule has 0 unspecified atom stereocenters. The summed E-state index contributed by atoms with van der Waals surface area (Å²) >= 11 is 0. The lowest BCUT2D eigenvalue weighted by atomic mass is 9.88. The number of hydrogen-bond acceptors (Lipinski definition) is 7. The maximum Gasteiger partial charge on any atom is 0.307 e. The van der Waals surface area contributed by atoms with E-state index in [9.17, 15) is 24.5 Å². The topological polar surface area (TPSA) is 119 Å². The fraction of sp³-hybridized carbons (Fsp3) is 0.526. The Hall–Kier alpha value is -2.97. The zero-order valence-electron chi connectivity index (χ0n) is 16.2. The molecule has 152 valence electrons. The van der Waals surface area contributed by atoms with E-state index in [1.54, 1.807) is 19.1 Å². The number of Topliss-reactive ketones (excluding diaryl/α,β-unsaturated/α-hetero) is 1. The predicted octanol–water partition coefficient (Wildman–Crippen LogP) is 1.74. The van der Waals surface area contributed by atoms with Gasteiger partial charge in [0.2, 0.25) is 6.54 Å². The third-order valence-electron chi connectivity index (χ3n) is 4.96. The first-order valence-electron chi connectivity index (χ1n) is 9.04. The van der Waals surface area contributed by atoms with Crippen molar-refractivity contribution in [2.24, 2.45) is 17.8 Å². The summed E-state index contributed by atoms with van der Waals surface area (Å²) < 4.78 is 4.96. The summed E-state index contributed by atoms with van der Waals surface area (Å²) in [7, 11) is 3.80. The van der Waals surface area contributed by atoms with Crippen LogP contribution in [0.15, 0.2) is 24.3 Å². The highest BCUT2D eigenvalue weighted by Crippen LogP contribution is 2.36. The Balaban J connectivity index is 1.83. The van der Waals surface area contributed by atoms with E-state index in [0.717, 1.165) is 5.69 Å². The molecule has 1 saturated carbocycles. The number of nitro groups is 1. The molecule has 1 amide bonds. The van der Waals surface area contributed by atoms with Gasteiger partial charge in [-0.2, -0.15) is 0 Å². The second kappa shape index (κ2) is 9.29. The van der Waals surface area contributed by atoms with Gasteiger partial charge in [-0.25, -0.2) is 0 Å². The first-order valence-corrected chi connectivity index (χ1v) is 9.04. The highest BCUT2D eigenvalue weighted by atomic mass is 16.6. The van der Waals surface area contributed by atoms with Gasteiger partial charge in [0.15, 0.2) is 6.61 Å². The van der Waals surface area contributed by atoms with Crippen LogP contribution < -0.4 is 10.2 Å². The van der Waals surface area contributed by atoms with Crippen molar-refractivity contribution < 1.29 is 24.0 Å². The molecule has 2 rings (SSSR count). The van der Waals surface area contributed by atoms with Gasteiger partial charge in [0.05, 0.1) is 6.42 Å². The quantitative estimate of drug-likeness (QED) is 0.407. The van der Waals surface area contributed by atoms with Crippen molar-refractivity contribution in [1.29, 1.82) is 0 Å². The Morgan fingerprint density at radius 2 is 1.93 bits per heavy atom. The molecule has 1 aliphatic carbocycles. The molecular formula is C19H25N3O6. The summed E-state index contributed by atoms with van der Waals surface area (Å²) in [6.45, 7) is 0.936. The number of ketones is 1. The van der Waals surface area contributed by atoms with Crippen LogP contribution in [0, 0.1) is 27.9 Å². The van der Waals surface area contributed by atoms with Crippen molar-refractivity contribution in [3.8, 4) is 0 Å². The van der Waals surface area contributed by atoms with E-state index in [1.807, 2.05) is 31.1 Å². The minimum Gasteiger partial charge on any atom is -0.456 e. The van der Waals surface area contributed by atoms with E-state index in [1.165, 1.54) is 0 Å². The normalized spacial score (nSPS) is 21.2. The molecule has 1 fully saturated rings. The van der Waals surface area contributed by atoms with Gasteiger partial charge in [-0.1, -0.05) is 6.92 Å².